The number of hydrogen-bond donors (Lipinski definition) is 1. The van der Waals surface area contributed by atoms with Crippen LogP contribution in [0.1, 0.15) is 18.4 Å². The minimum Gasteiger partial charge on any atom is -0.383 e. The Balaban J connectivity index is 1.82. The van der Waals surface area contributed by atoms with E-state index >= 15 is 0 Å². The zero-order valence-electron chi connectivity index (χ0n) is 14.2. The second kappa shape index (κ2) is 7.02. The van der Waals surface area contributed by atoms with Crippen molar-refractivity contribution < 1.29 is 8.78 Å². The van der Waals surface area contributed by atoms with Crippen molar-refractivity contribution in [3.8, 4) is 17.1 Å². The predicted octanol–water partition coefficient (Wildman–Crippen LogP) is 2.83. The van der Waals surface area contributed by atoms with Crippen LogP contribution in [-0.2, 0) is 0 Å². The lowest BCUT2D eigenvalue weighted by Crippen LogP contribution is -2.06. The van der Waals surface area contributed by atoms with Crippen LogP contribution in [0.4, 0.5) is 14.6 Å². The average molecular weight is 367 g/mol. The van der Waals surface area contributed by atoms with E-state index in [1.807, 2.05) is 6.08 Å². The number of pyridine rings is 1. The Morgan fingerprint density at radius 2 is 2.07 bits per heavy atom. The molecule has 3 heterocycles. The van der Waals surface area contributed by atoms with Gasteiger partial charge >= 0.3 is 0 Å². The van der Waals surface area contributed by atoms with Gasteiger partial charge in [0.15, 0.2) is 17.5 Å². The van der Waals surface area contributed by atoms with Crippen molar-refractivity contribution >= 4 is 17.6 Å². The van der Waals surface area contributed by atoms with E-state index in [1.54, 1.807) is 18.5 Å². The number of nitrogens with two attached hydrogens (primary N) is 1. The summed E-state index contributed by atoms with van der Waals surface area (Å²) in [7, 11) is 0. The summed E-state index contributed by atoms with van der Waals surface area (Å²) in [5.74, 6) is -1.67. The van der Waals surface area contributed by atoms with Crippen molar-refractivity contribution in [2.24, 2.45) is 4.99 Å². The summed E-state index contributed by atoms with van der Waals surface area (Å²) in [5, 5.41) is 11.3. The first-order chi connectivity index (χ1) is 13.1. The largest absolute Gasteiger partial charge is 0.383 e. The second-order valence-corrected chi connectivity index (χ2v) is 5.99. The topological polar surface area (TPSA) is 94.9 Å². The molecule has 0 amide bonds. The molecule has 0 bridgehead atoms. The molecule has 3 aromatic rings. The summed E-state index contributed by atoms with van der Waals surface area (Å²) < 4.78 is 28.9. The normalized spacial score (nSPS) is 14.1. The molecule has 0 saturated heterocycles. The Labute approximate surface area is 153 Å². The van der Waals surface area contributed by atoms with E-state index in [1.165, 1.54) is 12.1 Å². The summed E-state index contributed by atoms with van der Waals surface area (Å²) in [6.07, 6.45) is 7.13. The fourth-order valence-corrected chi connectivity index (χ4v) is 2.91. The number of benzene rings is 1. The highest BCUT2D eigenvalue weighted by Gasteiger charge is 2.19. The zero-order valence-corrected chi connectivity index (χ0v) is 14.2. The van der Waals surface area contributed by atoms with E-state index in [0.717, 1.165) is 41.3 Å². The van der Waals surface area contributed by atoms with Crippen LogP contribution in [0.15, 0.2) is 41.5 Å². The first kappa shape index (κ1) is 17.0. The molecule has 7 nitrogen and oxygen atoms in total. The number of allylic oxidation sites excluding steroid dienone is 2. The lowest BCUT2D eigenvalue weighted by molar-refractivity contribution is 0.501. The van der Waals surface area contributed by atoms with Gasteiger partial charge in [0.05, 0.1) is 5.56 Å². The van der Waals surface area contributed by atoms with Crippen molar-refractivity contribution in [3.63, 3.8) is 0 Å². The quantitative estimate of drug-likeness (QED) is 0.768. The zero-order chi connectivity index (χ0) is 18.8. The Morgan fingerprint density at radius 1 is 1.19 bits per heavy atom. The Kier molecular flexibility index (Phi) is 4.41. The van der Waals surface area contributed by atoms with Gasteiger partial charge in [-0.15, -0.1) is 5.10 Å². The molecule has 1 aliphatic heterocycles. The third-order valence-corrected chi connectivity index (χ3v) is 4.27. The lowest BCUT2D eigenvalue weighted by atomic mass is 10.0. The molecule has 2 aromatic heterocycles. The van der Waals surface area contributed by atoms with Crippen LogP contribution in [0.5, 0.6) is 0 Å². The number of aromatic nitrogens is 5. The maximum atomic E-state index is 14.2. The maximum absolute atomic E-state index is 14.2. The van der Waals surface area contributed by atoms with Gasteiger partial charge in [-0.25, -0.2) is 13.8 Å². The van der Waals surface area contributed by atoms with E-state index < -0.39 is 11.6 Å². The molecule has 9 heteroatoms. The van der Waals surface area contributed by atoms with Crippen LogP contribution in [0.2, 0.25) is 0 Å². The molecule has 0 unspecified atom stereocenters. The third-order valence-electron chi connectivity index (χ3n) is 4.27. The van der Waals surface area contributed by atoms with Crippen LogP contribution in [0.3, 0.4) is 0 Å². The predicted molar refractivity (Wildman–Crippen MR) is 97.3 cm³/mol. The van der Waals surface area contributed by atoms with Gasteiger partial charge in [0, 0.05) is 19.0 Å². The fraction of sp³-hybridized carbons (Fsp3) is 0.167. The van der Waals surface area contributed by atoms with Crippen LogP contribution in [0.25, 0.3) is 22.6 Å². The van der Waals surface area contributed by atoms with Crippen molar-refractivity contribution in [2.45, 2.75) is 12.8 Å². The van der Waals surface area contributed by atoms with E-state index in [-0.39, 0.29) is 17.3 Å². The van der Waals surface area contributed by atoms with Gasteiger partial charge in [-0.05, 0) is 58.7 Å². The van der Waals surface area contributed by atoms with Gasteiger partial charge in [-0.2, -0.15) is 4.68 Å². The molecular formula is C18H15F2N7. The highest BCUT2D eigenvalue weighted by Crippen LogP contribution is 2.30. The summed E-state index contributed by atoms with van der Waals surface area (Å²) in [5.41, 5.74) is 8.25. The fourth-order valence-electron chi connectivity index (χ4n) is 2.91. The molecular weight excluding hydrogens is 352 g/mol. The first-order valence-corrected chi connectivity index (χ1v) is 8.33. The van der Waals surface area contributed by atoms with Crippen molar-refractivity contribution in [2.75, 3.05) is 12.3 Å². The third kappa shape index (κ3) is 3.19. The average Bonchev–Trinajstić information content (AvgIpc) is 2.98. The van der Waals surface area contributed by atoms with E-state index in [2.05, 4.69) is 25.5 Å². The van der Waals surface area contributed by atoms with Crippen LogP contribution < -0.4 is 5.73 Å². The molecule has 27 heavy (non-hydrogen) atoms. The highest BCUT2D eigenvalue weighted by atomic mass is 19.2. The number of anilines is 1. The van der Waals surface area contributed by atoms with Crippen LogP contribution in [-0.4, -0.2) is 38.0 Å². The number of halogens is 2. The Morgan fingerprint density at radius 3 is 2.96 bits per heavy atom. The molecule has 0 spiro atoms. The summed E-state index contributed by atoms with van der Waals surface area (Å²) in [6, 6.07) is 5.59. The summed E-state index contributed by atoms with van der Waals surface area (Å²) >= 11 is 0. The van der Waals surface area contributed by atoms with Crippen LogP contribution >= 0.6 is 0 Å². The highest BCUT2D eigenvalue weighted by molar-refractivity contribution is 5.86. The molecule has 136 valence electrons. The Hall–Kier alpha value is -3.49. The molecule has 0 atom stereocenters. The molecule has 0 aliphatic carbocycles. The molecule has 0 radical (unpaired) electrons. The number of nitrogens with zero attached hydrogens (tertiary/aromatic N) is 6. The summed E-state index contributed by atoms with van der Waals surface area (Å²) in [4.78, 5) is 8.48. The van der Waals surface area contributed by atoms with Gasteiger partial charge in [-0.1, -0.05) is 6.07 Å². The molecule has 4 rings (SSSR count). The smallest absolute Gasteiger partial charge is 0.190 e. The second-order valence-electron chi connectivity index (χ2n) is 5.99. The maximum Gasteiger partial charge on any atom is 0.190 e. The number of hydrogen-bond acceptors (Lipinski definition) is 6. The first-order valence-electron chi connectivity index (χ1n) is 8.33. The van der Waals surface area contributed by atoms with Gasteiger partial charge in [0.1, 0.15) is 11.5 Å². The van der Waals surface area contributed by atoms with Gasteiger partial charge < -0.3 is 5.73 Å². The SMILES string of the molecule is Nc1ncc(C2=CC=NCCC2)cc1-c1nnnn1-c1cccc(F)c1F. The van der Waals surface area contributed by atoms with Crippen molar-refractivity contribution in [1.29, 1.82) is 0 Å². The number of tetrazole rings is 1. The van der Waals surface area contributed by atoms with Crippen molar-refractivity contribution in [1.82, 2.24) is 25.2 Å². The van der Waals surface area contributed by atoms with Gasteiger partial charge in [-0.3, -0.25) is 4.99 Å². The van der Waals surface area contributed by atoms with Gasteiger partial charge in [0.25, 0.3) is 0 Å². The van der Waals surface area contributed by atoms with Gasteiger partial charge in [0.2, 0.25) is 0 Å². The Bertz CT molecular complexity index is 1060. The number of rotatable bonds is 3. The molecule has 0 fully saturated rings. The molecule has 1 aromatic carbocycles. The lowest BCUT2D eigenvalue weighted by Gasteiger charge is -2.11. The monoisotopic (exact) mass is 367 g/mol. The van der Waals surface area contributed by atoms with E-state index in [0.29, 0.717) is 5.56 Å². The minimum atomic E-state index is -1.04. The standard InChI is InChI=1S/C18H15F2N7/c19-14-4-1-5-15(16(14)20)27-18(24-25-26-27)13-9-12(10-23-17(13)21)11-3-2-7-22-8-6-11/h1,4-6,8-10H,2-3,7H2,(H2,21,23). The minimum absolute atomic E-state index is 0.111. The van der Waals surface area contributed by atoms with Crippen molar-refractivity contribution in [3.05, 3.63) is 53.7 Å². The van der Waals surface area contributed by atoms with Crippen LogP contribution in [0, 0.1) is 11.6 Å². The van der Waals surface area contributed by atoms with E-state index in [9.17, 15) is 8.78 Å². The molecule has 1 aliphatic rings. The molecule has 2 N–H and O–H groups in total. The number of aliphatic imine (C=N–C) groups is 1. The number of nitrogen functional groups attached to an aromatic ring is 1. The molecule has 0 saturated carbocycles. The van der Waals surface area contributed by atoms with E-state index in [4.69, 9.17) is 5.73 Å². The summed E-state index contributed by atoms with van der Waals surface area (Å²) in [6.45, 7) is 0.770.